The number of fused-ring (bicyclic) bond motifs is 1. The Morgan fingerprint density at radius 1 is 1.22 bits per heavy atom. The number of H-pyrrole nitrogens is 1. The van der Waals surface area contributed by atoms with Gasteiger partial charge in [0.2, 0.25) is 0 Å². The molecule has 142 valence electrons. The number of rotatable bonds is 5. The van der Waals surface area contributed by atoms with Crippen LogP contribution in [0.5, 0.6) is 11.5 Å². The van der Waals surface area contributed by atoms with E-state index in [0.717, 1.165) is 47.3 Å². The van der Waals surface area contributed by atoms with E-state index in [1.54, 1.807) is 20.3 Å². The molecule has 7 nitrogen and oxygen atoms in total. The Labute approximate surface area is 156 Å². The predicted octanol–water partition coefficient (Wildman–Crippen LogP) is 3.18. The van der Waals surface area contributed by atoms with Crippen LogP contribution in [0.3, 0.4) is 0 Å². The maximum atomic E-state index is 12.6. The summed E-state index contributed by atoms with van der Waals surface area (Å²) in [4.78, 5) is 17.9. The van der Waals surface area contributed by atoms with Crippen LogP contribution in [0.2, 0.25) is 0 Å². The van der Waals surface area contributed by atoms with Gasteiger partial charge in [-0.3, -0.25) is 9.69 Å². The first-order valence-corrected chi connectivity index (χ1v) is 9.04. The fourth-order valence-corrected chi connectivity index (χ4v) is 3.79. The van der Waals surface area contributed by atoms with Crippen molar-refractivity contribution in [1.29, 1.82) is 0 Å². The van der Waals surface area contributed by atoms with Crippen molar-refractivity contribution in [2.24, 2.45) is 0 Å². The van der Waals surface area contributed by atoms with E-state index in [2.05, 4.69) is 15.0 Å². The molecule has 1 aliphatic rings. The fraction of sp³-hybridized carbons (Fsp3) is 0.400. The number of aryl methyl sites for hydroxylation is 1. The summed E-state index contributed by atoms with van der Waals surface area (Å²) in [5.41, 5.74) is 2.23. The summed E-state index contributed by atoms with van der Waals surface area (Å²) in [6.07, 6.45) is 2.08. The van der Waals surface area contributed by atoms with Gasteiger partial charge in [0.25, 0.3) is 5.56 Å². The molecule has 1 fully saturated rings. The van der Waals surface area contributed by atoms with Crippen molar-refractivity contribution >= 4 is 10.9 Å². The SMILES string of the molecule is COc1cc2cc(CN3CCCC3c3cc(C)no3)c(=O)[nH]c2cc1OC. The molecule has 0 amide bonds. The average Bonchev–Trinajstić information content (AvgIpc) is 3.30. The molecular weight excluding hydrogens is 346 g/mol. The Morgan fingerprint density at radius 2 is 2.00 bits per heavy atom. The number of nitrogens with zero attached hydrogens (tertiary/aromatic N) is 2. The minimum absolute atomic E-state index is 0.0888. The highest BCUT2D eigenvalue weighted by Crippen LogP contribution is 2.34. The molecule has 4 rings (SSSR count). The van der Waals surface area contributed by atoms with Gasteiger partial charge in [-0.15, -0.1) is 0 Å². The number of aromatic nitrogens is 2. The van der Waals surface area contributed by atoms with Crippen LogP contribution in [-0.2, 0) is 6.54 Å². The third-order valence-electron chi connectivity index (χ3n) is 5.14. The van der Waals surface area contributed by atoms with Gasteiger partial charge in [0.05, 0.1) is 31.5 Å². The Bertz CT molecular complexity index is 1020. The van der Waals surface area contributed by atoms with Crippen LogP contribution in [-0.4, -0.2) is 35.8 Å². The molecule has 1 aromatic carbocycles. The van der Waals surface area contributed by atoms with E-state index in [1.807, 2.05) is 25.1 Å². The molecule has 1 saturated heterocycles. The van der Waals surface area contributed by atoms with Crippen molar-refractivity contribution in [2.75, 3.05) is 20.8 Å². The molecule has 1 aliphatic heterocycles. The lowest BCUT2D eigenvalue weighted by atomic mass is 10.1. The van der Waals surface area contributed by atoms with Gasteiger partial charge in [0.1, 0.15) is 0 Å². The molecule has 0 spiro atoms. The number of likely N-dealkylation sites (tertiary alicyclic amines) is 1. The Balaban J connectivity index is 1.67. The van der Waals surface area contributed by atoms with Crippen molar-refractivity contribution in [2.45, 2.75) is 32.4 Å². The number of aromatic amines is 1. The average molecular weight is 369 g/mol. The zero-order valence-electron chi connectivity index (χ0n) is 15.7. The number of ether oxygens (including phenoxy) is 2. The number of nitrogens with one attached hydrogen (secondary N) is 1. The summed E-state index contributed by atoms with van der Waals surface area (Å²) in [6, 6.07) is 7.73. The quantitative estimate of drug-likeness (QED) is 0.744. The first-order valence-electron chi connectivity index (χ1n) is 9.04. The van der Waals surface area contributed by atoms with Gasteiger partial charge in [-0.05, 0) is 38.4 Å². The molecule has 3 heterocycles. The molecule has 0 aliphatic carbocycles. The van der Waals surface area contributed by atoms with Gasteiger partial charge in [0, 0.05) is 29.6 Å². The largest absolute Gasteiger partial charge is 0.493 e. The zero-order valence-corrected chi connectivity index (χ0v) is 15.7. The molecule has 1 atom stereocenters. The van der Waals surface area contributed by atoms with Crippen molar-refractivity contribution < 1.29 is 14.0 Å². The Morgan fingerprint density at radius 3 is 2.70 bits per heavy atom. The van der Waals surface area contributed by atoms with E-state index < -0.39 is 0 Å². The molecule has 0 saturated carbocycles. The van der Waals surface area contributed by atoms with Gasteiger partial charge in [0.15, 0.2) is 17.3 Å². The maximum Gasteiger partial charge on any atom is 0.252 e. The van der Waals surface area contributed by atoms with Crippen LogP contribution in [0.15, 0.2) is 33.6 Å². The number of hydrogen-bond acceptors (Lipinski definition) is 6. The van der Waals surface area contributed by atoms with E-state index in [1.165, 1.54) is 0 Å². The first-order chi connectivity index (χ1) is 13.1. The lowest BCUT2D eigenvalue weighted by Crippen LogP contribution is -2.26. The number of benzene rings is 1. The van der Waals surface area contributed by atoms with Gasteiger partial charge < -0.3 is 19.0 Å². The van der Waals surface area contributed by atoms with Gasteiger partial charge in [-0.1, -0.05) is 5.16 Å². The van der Waals surface area contributed by atoms with Crippen molar-refractivity contribution in [3.8, 4) is 11.5 Å². The van der Waals surface area contributed by atoms with Gasteiger partial charge >= 0.3 is 0 Å². The van der Waals surface area contributed by atoms with E-state index in [0.29, 0.717) is 18.0 Å². The van der Waals surface area contributed by atoms with Crippen LogP contribution < -0.4 is 15.0 Å². The Hall–Kier alpha value is -2.80. The highest BCUT2D eigenvalue weighted by atomic mass is 16.5. The monoisotopic (exact) mass is 369 g/mol. The molecular formula is C20H23N3O4. The van der Waals surface area contributed by atoms with E-state index >= 15 is 0 Å². The van der Waals surface area contributed by atoms with Crippen molar-refractivity contribution in [3.63, 3.8) is 0 Å². The predicted molar refractivity (Wildman–Crippen MR) is 101 cm³/mol. The summed E-state index contributed by atoms with van der Waals surface area (Å²) < 4.78 is 16.2. The van der Waals surface area contributed by atoms with E-state index in [9.17, 15) is 4.79 Å². The third-order valence-corrected chi connectivity index (χ3v) is 5.14. The molecule has 27 heavy (non-hydrogen) atoms. The Kier molecular flexibility index (Phi) is 4.61. The minimum Gasteiger partial charge on any atom is -0.493 e. The standard InChI is InChI=1S/C20H23N3O4/c1-12-7-17(27-22-12)16-5-4-6-23(16)11-14-8-13-9-18(25-2)19(26-3)10-15(13)21-20(14)24/h7-10,16H,4-6,11H2,1-3H3,(H,21,24). The second-order valence-electron chi connectivity index (χ2n) is 6.92. The topological polar surface area (TPSA) is 80.6 Å². The number of hydrogen-bond donors (Lipinski definition) is 1. The number of methoxy groups -OCH3 is 2. The third kappa shape index (κ3) is 3.30. The smallest absolute Gasteiger partial charge is 0.252 e. The molecule has 1 N–H and O–H groups in total. The molecule has 0 radical (unpaired) electrons. The lowest BCUT2D eigenvalue weighted by molar-refractivity contribution is 0.206. The second-order valence-corrected chi connectivity index (χ2v) is 6.92. The molecule has 3 aromatic rings. The second kappa shape index (κ2) is 7.08. The molecule has 0 bridgehead atoms. The molecule has 1 unspecified atom stereocenters. The van der Waals surface area contributed by atoms with Crippen molar-refractivity contribution in [3.05, 3.63) is 51.6 Å². The first kappa shape index (κ1) is 17.6. The summed E-state index contributed by atoms with van der Waals surface area (Å²) >= 11 is 0. The van der Waals surface area contributed by atoms with E-state index in [4.69, 9.17) is 14.0 Å². The molecule has 7 heteroatoms. The normalized spacial score (nSPS) is 17.5. The van der Waals surface area contributed by atoms with Gasteiger partial charge in [-0.2, -0.15) is 0 Å². The zero-order chi connectivity index (χ0) is 19.0. The van der Waals surface area contributed by atoms with Crippen LogP contribution in [0.25, 0.3) is 10.9 Å². The van der Waals surface area contributed by atoms with Crippen LogP contribution in [0.1, 0.15) is 35.9 Å². The van der Waals surface area contributed by atoms with E-state index in [-0.39, 0.29) is 11.6 Å². The summed E-state index contributed by atoms with van der Waals surface area (Å²) in [7, 11) is 3.18. The fourth-order valence-electron chi connectivity index (χ4n) is 3.79. The number of pyridine rings is 1. The minimum atomic E-state index is -0.0888. The lowest BCUT2D eigenvalue weighted by Gasteiger charge is -2.22. The van der Waals surface area contributed by atoms with Crippen LogP contribution >= 0.6 is 0 Å². The summed E-state index contributed by atoms with van der Waals surface area (Å²) in [5.74, 6) is 2.10. The summed E-state index contributed by atoms with van der Waals surface area (Å²) in [5, 5.41) is 4.91. The maximum absolute atomic E-state index is 12.6. The summed E-state index contributed by atoms with van der Waals surface area (Å²) in [6.45, 7) is 3.40. The van der Waals surface area contributed by atoms with Gasteiger partial charge in [-0.25, -0.2) is 0 Å². The highest BCUT2D eigenvalue weighted by Gasteiger charge is 2.29. The van der Waals surface area contributed by atoms with Crippen LogP contribution in [0, 0.1) is 6.92 Å². The van der Waals surface area contributed by atoms with Crippen LogP contribution in [0.4, 0.5) is 0 Å². The van der Waals surface area contributed by atoms with Crippen molar-refractivity contribution in [1.82, 2.24) is 15.0 Å². The molecule has 2 aromatic heterocycles. The highest BCUT2D eigenvalue weighted by molar-refractivity contribution is 5.83.